The summed E-state index contributed by atoms with van der Waals surface area (Å²) in [4.78, 5) is 61.9. The van der Waals surface area contributed by atoms with Crippen LogP contribution < -0.4 is 27.4 Å². The standard InChI is InChI=1S/C39H49N7O6/c1-3-10-27(21-26-16-18-29(47)19-17-26)35(48)45-33(22-25-11-5-4-6-12-25)37(50)44-32(15-9-20-42-39(40)41)36(49)46-34(38(51)52-2)23-28-24-43-31-14-8-7-13-30(28)31/h4-8,11-14,16-19,24,27,32-34,43,47H,3,9-10,15,20-23H2,1-2H3,(H,44,50)(H,45,48)(H,46,49)(H4,40,41,42)/t27-,32-,33+,34-/m0/s1. The number of aromatic amines is 1. The second kappa shape index (κ2) is 19.5. The molecule has 1 heterocycles. The number of benzene rings is 3. The number of hydrogen-bond acceptors (Lipinski definition) is 7. The summed E-state index contributed by atoms with van der Waals surface area (Å²) in [6, 6.07) is 20.4. The first-order valence-electron chi connectivity index (χ1n) is 17.5. The predicted molar refractivity (Wildman–Crippen MR) is 200 cm³/mol. The first kappa shape index (κ1) is 38.9. The normalized spacial score (nSPS) is 13.3. The summed E-state index contributed by atoms with van der Waals surface area (Å²) in [5.74, 6) is -2.52. The fraction of sp³-hybridized carbons (Fsp3) is 0.359. The van der Waals surface area contributed by atoms with Crippen molar-refractivity contribution in [2.45, 2.75) is 70.0 Å². The minimum atomic E-state index is -1.10. The largest absolute Gasteiger partial charge is 0.508 e. The Labute approximate surface area is 303 Å². The Morgan fingerprint density at radius 1 is 0.769 bits per heavy atom. The average molecular weight is 712 g/mol. The van der Waals surface area contributed by atoms with E-state index >= 15 is 0 Å². The number of phenols is 1. The van der Waals surface area contributed by atoms with Crippen molar-refractivity contribution in [3.05, 3.63) is 102 Å². The third-order valence-electron chi connectivity index (χ3n) is 8.82. The van der Waals surface area contributed by atoms with Crippen molar-refractivity contribution in [1.29, 1.82) is 0 Å². The van der Waals surface area contributed by atoms with Crippen molar-refractivity contribution >= 4 is 40.6 Å². The summed E-state index contributed by atoms with van der Waals surface area (Å²) in [6.07, 6.45) is 4.31. The van der Waals surface area contributed by atoms with Gasteiger partial charge in [0.15, 0.2) is 5.96 Å². The number of H-pyrrole nitrogens is 1. The lowest BCUT2D eigenvalue weighted by atomic mass is 9.93. The summed E-state index contributed by atoms with van der Waals surface area (Å²) < 4.78 is 5.04. The lowest BCUT2D eigenvalue weighted by Gasteiger charge is -2.26. The van der Waals surface area contributed by atoms with Crippen LogP contribution in [0.1, 0.15) is 49.3 Å². The topological polar surface area (TPSA) is 214 Å². The number of guanidine groups is 1. The van der Waals surface area contributed by atoms with E-state index < -0.39 is 41.8 Å². The number of nitrogens with zero attached hydrogens (tertiary/aromatic N) is 1. The number of hydrogen-bond donors (Lipinski definition) is 7. The summed E-state index contributed by atoms with van der Waals surface area (Å²) in [7, 11) is 1.25. The summed E-state index contributed by atoms with van der Waals surface area (Å²) in [5.41, 5.74) is 14.4. The summed E-state index contributed by atoms with van der Waals surface area (Å²) in [6.45, 7) is 2.19. The summed E-state index contributed by atoms with van der Waals surface area (Å²) in [5, 5.41) is 19.2. The number of carbonyl (C=O) groups excluding carboxylic acids is 4. The van der Waals surface area contributed by atoms with Gasteiger partial charge in [-0.3, -0.25) is 19.4 Å². The maximum Gasteiger partial charge on any atom is 0.328 e. The monoisotopic (exact) mass is 711 g/mol. The van der Waals surface area contributed by atoms with Crippen LogP contribution in [0.5, 0.6) is 5.75 Å². The number of esters is 1. The molecule has 0 radical (unpaired) electrons. The van der Waals surface area contributed by atoms with E-state index in [1.165, 1.54) is 7.11 Å². The van der Waals surface area contributed by atoms with E-state index in [2.05, 4.69) is 25.9 Å². The van der Waals surface area contributed by atoms with E-state index in [9.17, 15) is 24.3 Å². The van der Waals surface area contributed by atoms with Crippen molar-refractivity contribution < 1.29 is 29.0 Å². The molecule has 13 heteroatoms. The van der Waals surface area contributed by atoms with Gasteiger partial charge in [0, 0.05) is 42.4 Å². The Morgan fingerprint density at radius 2 is 1.40 bits per heavy atom. The Bertz CT molecular complexity index is 1800. The molecule has 0 aliphatic heterocycles. The molecule has 4 atom stereocenters. The van der Waals surface area contributed by atoms with Crippen LogP contribution in [0.2, 0.25) is 0 Å². The van der Waals surface area contributed by atoms with Crippen LogP contribution >= 0.6 is 0 Å². The first-order valence-corrected chi connectivity index (χ1v) is 17.5. The minimum absolute atomic E-state index is 0.103. The van der Waals surface area contributed by atoms with Gasteiger partial charge in [-0.1, -0.05) is 74.0 Å². The molecule has 4 rings (SSSR count). The van der Waals surface area contributed by atoms with Crippen LogP contribution in [-0.2, 0) is 43.2 Å². The molecule has 1 aromatic heterocycles. The third-order valence-corrected chi connectivity index (χ3v) is 8.82. The van der Waals surface area contributed by atoms with E-state index in [1.54, 1.807) is 30.5 Å². The quantitative estimate of drug-likeness (QED) is 0.0332. The van der Waals surface area contributed by atoms with Gasteiger partial charge in [0.25, 0.3) is 0 Å². The van der Waals surface area contributed by atoms with Crippen molar-refractivity contribution in [3.8, 4) is 5.75 Å². The molecule has 13 nitrogen and oxygen atoms in total. The van der Waals surface area contributed by atoms with Gasteiger partial charge in [-0.2, -0.15) is 0 Å². The minimum Gasteiger partial charge on any atom is -0.508 e. The summed E-state index contributed by atoms with van der Waals surface area (Å²) >= 11 is 0. The molecule has 3 amide bonds. The molecule has 0 aliphatic rings. The average Bonchev–Trinajstić information content (AvgIpc) is 3.55. The molecule has 4 aromatic rings. The zero-order valence-corrected chi connectivity index (χ0v) is 29.6. The Balaban J connectivity index is 1.56. The number of rotatable bonds is 19. The van der Waals surface area contributed by atoms with Gasteiger partial charge in [-0.05, 0) is 60.6 Å². The molecule has 0 unspecified atom stereocenters. The molecule has 52 heavy (non-hydrogen) atoms. The molecule has 0 aliphatic carbocycles. The van der Waals surface area contributed by atoms with Gasteiger partial charge in [0.2, 0.25) is 17.7 Å². The number of aromatic hydroxyl groups is 1. The van der Waals surface area contributed by atoms with E-state index in [0.29, 0.717) is 19.3 Å². The number of aromatic nitrogens is 1. The molecule has 0 saturated carbocycles. The van der Waals surface area contributed by atoms with Crippen LogP contribution in [0.3, 0.4) is 0 Å². The number of amides is 3. The number of ether oxygens (including phenoxy) is 1. The van der Waals surface area contributed by atoms with Gasteiger partial charge in [0.05, 0.1) is 7.11 Å². The highest BCUT2D eigenvalue weighted by Gasteiger charge is 2.31. The number of fused-ring (bicyclic) bond motifs is 1. The van der Waals surface area contributed by atoms with Gasteiger partial charge >= 0.3 is 5.97 Å². The fourth-order valence-corrected chi connectivity index (χ4v) is 6.11. The Kier molecular flexibility index (Phi) is 14.6. The van der Waals surface area contributed by atoms with Crippen LogP contribution in [0.15, 0.2) is 90.1 Å². The van der Waals surface area contributed by atoms with Crippen LogP contribution in [0.4, 0.5) is 0 Å². The number of phenolic OH excluding ortho intramolecular Hbond substituents is 1. The maximum absolute atomic E-state index is 14.1. The van der Waals surface area contributed by atoms with Crippen molar-refractivity contribution in [1.82, 2.24) is 20.9 Å². The number of carbonyl (C=O) groups is 4. The first-order chi connectivity index (χ1) is 25.1. The van der Waals surface area contributed by atoms with E-state index in [4.69, 9.17) is 16.2 Å². The molecule has 0 bridgehead atoms. The Hall–Kier alpha value is -5.85. The fourth-order valence-electron chi connectivity index (χ4n) is 6.11. The molecule has 0 saturated heterocycles. The number of aliphatic imine (C=N–C) groups is 1. The smallest absolute Gasteiger partial charge is 0.328 e. The zero-order valence-electron chi connectivity index (χ0n) is 29.6. The number of para-hydroxylation sites is 1. The van der Waals surface area contributed by atoms with Gasteiger partial charge < -0.3 is 42.2 Å². The van der Waals surface area contributed by atoms with Gasteiger partial charge in [0.1, 0.15) is 23.9 Å². The van der Waals surface area contributed by atoms with Crippen LogP contribution in [0, 0.1) is 5.92 Å². The molecular weight excluding hydrogens is 662 g/mol. The number of nitrogens with one attached hydrogen (secondary N) is 4. The highest BCUT2D eigenvalue weighted by atomic mass is 16.5. The van der Waals surface area contributed by atoms with E-state index in [0.717, 1.165) is 34.0 Å². The third kappa shape index (κ3) is 11.6. The van der Waals surface area contributed by atoms with Gasteiger partial charge in [-0.25, -0.2) is 4.79 Å². The zero-order chi connectivity index (χ0) is 37.5. The lowest BCUT2D eigenvalue weighted by Crippen LogP contribution is -2.57. The molecule has 0 spiro atoms. The Morgan fingerprint density at radius 3 is 2.10 bits per heavy atom. The predicted octanol–water partition coefficient (Wildman–Crippen LogP) is 3.00. The highest BCUT2D eigenvalue weighted by molar-refractivity contribution is 5.94. The van der Waals surface area contributed by atoms with Crippen LogP contribution in [-0.4, -0.2) is 71.5 Å². The van der Waals surface area contributed by atoms with E-state index in [-0.39, 0.29) is 43.4 Å². The second-order valence-corrected chi connectivity index (χ2v) is 12.8. The van der Waals surface area contributed by atoms with Crippen molar-refractivity contribution in [2.24, 2.45) is 22.4 Å². The SMILES string of the molecule is CCC[C@@H](Cc1ccc(O)cc1)C(=O)N[C@H](Cc1ccccc1)C(=O)N[C@@H](CCCN=C(N)N)C(=O)N[C@@H](Cc1c[nH]c2ccccc12)C(=O)OC. The number of nitrogens with two attached hydrogens (primary N) is 2. The molecule has 0 fully saturated rings. The number of methoxy groups -OCH3 is 1. The lowest BCUT2D eigenvalue weighted by molar-refractivity contribution is -0.145. The van der Waals surface area contributed by atoms with Crippen molar-refractivity contribution in [2.75, 3.05) is 13.7 Å². The molecular formula is C39H49N7O6. The molecule has 276 valence electrons. The van der Waals surface area contributed by atoms with Crippen LogP contribution in [0.25, 0.3) is 10.9 Å². The maximum atomic E-state index is 14.1. The van der Waals surface area contributed by atoms with Crippen molar-refractivity contribution in [3.63, 3.8) is 0 Å². The van der Waals surface area contributed by atoms with E-state index in [1.807, 2.05) is 61.5 Å². The van der Waals surface area contributed by atoms with Gasteiger partial charge in [-0.15, -0.1) is 0 Å². The molecule has 3 aromatic carbocycles. The second-order valence-electron chi connectivity index (χ2n) is 12.8. The highest BCUT2D eigenvalue weighted by Crippen LogP contribution is 2.20. The molecule has 9 N–H and O–H groups in total.